The van der Waals surface area contributed by atoms with Crippen molar-refractivity contribution in [3.63, 3.8) is 0 Å². The first kappa shape index (κ1) is 17.5. The Morgan fingerprint density at radius 3 is 2.33 bits per heavy atom. The summed E-state index contributed by atoms with van der Waals surface area (Å²) in [5.74, 6) is -0.262. The molecule has 0 bridgehead atoms. The van der Waals surface area contributed by atoms with Gasteiger partial charge >= 0.3 is 5.97 Å². The van der Waals surface area contributed by atoms with Crippen LogP contribution in [0, 0.1) is 0 Å². The Labute approximate surface area is 141 Å². The summed E-state index contributed by atoms with van der Waals surface area (Å²) >= 11 is 0. The molecule has 0 saturated carbocycles. The first-order valence-electron chi connectivity index (χ1n) is 7.64. The number of carbonyl (C=O) groups is 2. The summed E-state index contributed by atoms with van der Waals surface area (Å²) in [7, 11) is 1.43. The Bertz CT molecular complexity index is 722. The smallest absolute Gasteiger partial charge is 0.342 e. The highest BCUT2D eigenvalue weighted by molar-refractivity contribution is 6.07. The summed E-state index contributed by atoms with van der Waals surface area (Å²) < 4.78 is 16.2. The fraction of sp³-hybridized carbons (Fsp3) is 0.263. The largest absolute Gasteiger partial charge is 0.492 e. The number of esters is 1. The highest BCUT2D eigenvalue weighted by Gasteiger charge is 2.24. The Morgan fingerprint density at radius 1 is 1.04 bits per heavy atom. The molecule has 0 aliphatic rings. The van der Waals surface area contributed by atoms with Crippen LogP contribution in [0.5, 0.6) is 11.5 Å². The topological polar surface area (TPSA) is 61.8 Å². The fourth-order valence-electron chi connectivity index (χ4n) is 2.31. The highest BCUT2D eigenvalue weighted by atomic mass is 16.5. The number of hydrogen-bond donors (Lipinski definition) is 0. The molecule has 0 unspecified atom stereocenters. The van der Waals surface area contributed by atoms with Crippen LogP contribution in [-0.4, -0.2) is 25.5 Å². The van der Waals surface area contributed by atoms with Crippen molar-refractivity contribution in [2.24, 2.45) is 0 Å². The summed E-state index contributed by atoms with van der Waals surface area (Å²) in [5.41, 5.74) is 1.32. The van der Waals surface area contributed by atoms with Gasteiger partial charge in [-0.15, -0.1) is 0 Å². The van der Waals surface area contributed by atoms with Crippen LogP contribution in [0.3, 0.4) is 0 Å². The average molecular weight is 328 g/mol. The Balaban J connectivity index is 2.39. The molecule has 24 heavy (non-hydrogen) atoms. The van der Waals surface area contributed by atoms with Gasteiger partial charge in [0.25, 0.3) is 0 Å². The van der Waals surface area contributed by atoms with Crippen LogP contribution >= 0.6 is 0 Å². The second-order valence-corrected chi connectivity index (χ2v) is 5.07. The number of ether oxygens (including phenoxy) is 3. The van der Waals surface area contributed by atoms with Crippen LogP contribution in [0.25, 0.3) is 0 Å². The number of rotatable bonds is 7. The molecule has 0 aliphatic carbocycles. The van der Waals surface area contributed by atoms with E-state index in [-0.39, 0.29) is 29.3 Å². The average Bonchev–Trinajstić information content (AvgIpc) is 2.59. The number of benzene rings is 2. The molecular formula is C19H20O5. The molecule has 0 heterocycles. The van der Waals surface area contributed by atoms with Gasteiger partial charge in [-0.25, -0.2) is 4.79 Å². The van der Waals surface area contributed by atoms with Gasteiger partial charge < -0.3 is 14.2 Å². The molecule has 0 aliphatic heterocycles. The van der Waals surface area contributed by atoms with E-state index in [4.69, 9.17) is 14.2 Å². The molecule has 0 radical (unpaired) electrons. The van der Waals surface area contributed by atoms with Crippen molar-refractivity contribution < 1.29 is 23.8 Å². The van der Waals surface area contributed by atoms with Crippen LogP contribution in [0.1, 0.15) is 40.1 Å². The maximum atomic E-state index is 12.3. The molecule has 2 rings (SSSR count). The van der Waals surface area contributed by atoms with E-state index < -0.39 is 5.97 Å². The maximum Gasteiger partial charge on any atom is 0.342 e. The van der Waals surface area contributed by atoms with Gasteiger partial charge in [0.2, 0.25) is 0 Å². The third-order valence-electron chi connectivity index (χ3n) is 3.42. The summed E-state index contributed by atoms with van der Waals surface area (Å²) in [6.07, 6.45) is 0. The van der Waals surface area contributed by atoms with Gasteiger partial charge in [-0.05, 0) is 31.5 Å². The number of Topliss-reactive ketones (excluding diaryl/α,β-unsaturated/α-hetero) is 1. The molecule has 0 fully saturated rings. The molecule has 0 N–H and O–H groups in total. The minimum atomic E-state index is -0.607. The zero-order valence-corrected chi connectivity index (χ0v) is 14.0. The molecule has 126 valence electrons. The molecule has 0 amide bonds. The Kier molecular flexibility index (Phi) is 5.95. The normalized spacial score (nSPS) is 10.1. The molecule has 0 aromatic heterocycles. The van der Waals surface area contributed by atoms with Gasteiger partial charge in [0, 0.05) is 5.56 Å². The van der Waals surface area contributed by atoms with Crippen LogP contribution in [-0.2, 0) is 11.3 Å². The fourth-order valence-corrected chi connectivity index (χ4v) is 2.31. The van der Waals surface area contributed by atoms with Gasteiger partial charge in [-0.3, -0.25) is 4.79 Å². The van der Waals surface area contributed by atoms with Crippen molar-refractivity contribution in [1.29, 1.82) is 0 Å². The van der Waals surface area contributed by atoms with E-state index >= 15 is 0 Å². The van der Waals surface area contributed by atoms with Gasteiger partial charge in [0.05, 0.1) is 13.7 Å². The molecule has 2 aromatic carbocycles. The third kappa shape index (κ3) is 3.93. The van der Waals surface area contributed by atoms with Gasteiger partial charge in [0.1, 0.15) is 12.2 Å². The lowest BCUT2D eigenvalue weighted by Crippen LogP contribution is -2.13. The quantitative estimate of drug-likeness (QED) is 0.573. The zero-order chi connectivity index (χ0) is 17.5. The number of methoxy groups -OCH3 is 1. The molecule has 5 nitrogen and oxygen atoms in total. The van der Waals surface area contributed by atoms with Crippen molar-refractivity contribution in [1.82, 2.24) is 0 Å². The number of ketones is 1. The van der Waals surface area contributed by atoms with Gasteiger partial charge in [-0.1, -0.05) is 30.3 Å². The third-order valence-corrected chi connectivity index (χ3v) is 3.42. The maximum absolute atomic E-state index is 12.3. The van der Waals surface area contributed by atoms with E-state index in [0.29, 0.717) is 12.4 Å². The van der Waals surface area contributed by atoms with Crippen molar-refractivity contribution in [3.05, 3.63) is 59.2 Å². The number of hydrogen-bond acceptors (Lipinski definition) is 5. The Hall–Kier alpha value is -2.82. The second kappa shape index (κ2) is 8.15. The lowest BCUT2D eigenvalue weighted by Gasteiger charge is -2.16. The summed E-state index contributed by atoms with van der Waals surface area (Å²) in [6.45, 7) is 3.61. The van der Waals surface area contributed by atoms with Crippen LogP contribution < -0.4 is 9.47 Å². The lowest BCUT2D eigenvalue weighted by molar-refractivity contribution is 0.0518. The summed E-state index contributed by atoms with van der Waals surface area (Å²) in [6, 6.07) is 12.8. The van der Waals surface area contributed by atoms with Crippen molar-refractivity contribution in [3.8, 4) is 11.5 Å². The molecule has 2 aromatic rings. The van der Waals surface area contributed by atoms with Crippen LogP contribution in [0.2, 0.25) is 0 Å². The van der Waals surface area contributed by atoms with E-state index in [1.165, 1.54) is 14.0 Å². The van der Waals surface area contributed by atoms with Gasteiger partial charge in [0.15, 0.2) is 17.3 Å². The van der Waals surface area contributed by atoms with Crippen molar-refractivity contribution in [2.45, 2.75) is 20.5 Å². The minimum Gasteiger partial charge on any atom is -0.492 e. The predicted molar refractivity (Wildman–Crippen MR) is 89.7 cm³/mol. The van der Waals surface area contributed by atoms with Gasteiger partial charge in [-0.2, -0.15) is 0 Å². The summed E-state index contributed by atoms with van der Waals surface area (Å²) in [5, 5.41) is 0. The molecular weight excluding hydrogens is 308 g/mol. The standard InChI is InChI=1S/C19H20O5/c1-4-23-19(21)17-15(13(2)20)10-11-16(18(17)22-3)24-12-14-8-6-5-7-9-14/h5-11H,4,12H2,1-3H3. The molecule has 0 atom stereocenters. The predicted octanol–water partition coefficient (Wildman–Crippen LogP) is 3.65. The zero-order valence-electron chi connectivity index (χ0n) is 14.0. The van der Waals surface area contributed by atoms with E-state index in [1.807, 2.05) is 30.3 Å². The van der Waals surface area contributed by atoms with Crippen molar-refractivity contribution >= 4 is 11.8 Å². The van der Waals surface area contributed by atoms with E-state index in [1.54, 1.807) is 19.1 Å². The lowest BCUT2D eigenvalue weighted by atomic mass is 10.0. The minimum absolute atomic E-state index is 0.0948. The second-order valence-electron chi connectivity index (χ2n) is 5.07. The SMILES string of the molecule is CCOC(=O)c1c(C(C)=O)ccc(OCc2ccccc2)c1OC. The van der Waals surface area contributed by atoms with Crippen LogP contribution in [0.15, 0.2) is 42.5 Å². The van der Waals surface area contributed by atoms with E-state index in [0.717, 1.165) is 5.56 Å². The molecule has 0 saturated heterocycles. The van der Waals surface area contributed by atoms with Crippen LogP contribution in [0.4, 0.5) is 0 Å². The van der Waals surface area contributed by atoms with Crippen molar-refractivity contribution in [2.75, 3.05) is 13.7 Å². The molecule has 5 heteroatoms. The first-order chi connectivity index (χ1) is 11.6. The van der Waals surface area contributed by atoms with E-state index in [2.05, 4.69) is 0 Å². The summed E-state index contributed by atoms with van der Waals surface area (Å²) in [4.78, 5) is 24.1. The molecule has 0 spiro atoms. The Morgan fingerprint density at radius 2 is 1.75 bits per heavy atom. The first-order valence-corrected chi connectivity index (χ1v) is 7.64. The monoisotopic (exact) mass is 328 g/mol. The number of carbonyl (C=O) groups excluding carboxylic acids is 2. The highest BCUT2D eigenvalue weighted by Crippen LogP contribution is 2.35. The van der Waals surface area contributed by atoms with E-state index in [9.17, 15) is 9.59 Å².